The van der Waals surface area contributed by atoms with Crippen LogP contribution in [0.15, 0.2) is 0 Å². The summed E-state index contributed by atoms with van der Waals surface area (Å²) < 4.78 is 22.0. The number of carboxylic acid groups (broad SMARTS) is 1. The fraction of sp³-hybridized carbons (Fsp3) is 0.818. The van der Waals surface area contributed by atoms with Gasteiger partial charge in [-0.15, -0.1) is 0 Å². The molecule has 0 aliphatic heterocycles. The molecule has 19 heavy (non-hydrogen) atoms. The van der Waals surface area contributed by atoms with E-state index in [1.807, 2.05) is 0 Å². The van der Waals surface area contributed by atoms with Crippen LogP contribution in [-0.2, 0) is 14.6 Å². The highest BCUT2D eigenvalue weighted by Gasteiger charge is 2.13. The van der Waals surface area contributed by atoms with Crippen molar-refractivity contribution in [2.24, 2.45) is 5.92 Å². The molecule has 0 saturated carbocycles. The first kappa shape index (κ1) is 17.7. The summed E-state index contributed by atoms with van der Waals surface area (Å²) in [5.41, 5.74) is 0. The van der Waals surface area contributed by atoms with E-state index in [1.165, 1.54) is 0 Å². The Morgan fingerprint density at radius 2 is 1.84 bits per heavy atom. The van der Waals surface area contributed by atoms with E-state index < -0.39 is 33.8 Å². The molecule has 0 spiro atoms. The van der Waals surface area contributed by atoms with E-state index in [1.54, 1.807) is 13.8 Å². The first-order chi connectivity index (χ1) is 8.61. The molecule has 2 atom stereocenters. The number of urea groups is 1. The van der Waals surface area contributed by atoms with Crippen molar-refractivity contribution >= 4 is 21.8 Å². The molecule has 8 heteroatoms. The molecular formula is C11H22N2O5S. The lowest BCUT2D eigenvalue weighted by Gasteiger charge is -2.13. The van der Waals surface area contributed by atoms with Gasteiger partial charge in [-0.1, -0.05) is 6.92 Å². The number of amides is 2. The minimum atomic E-state index is -3.12. The van der Waals surface area contributed by atoms with Crippen LogP contribution in [0.3, 0.4) is 0 Å². The zero-order valence-electron chi connectivity index (χ0n) is 11.5. The van der Waals surface area contributed by atoms with Gasteiger partial charge in [0.15, 0.2) is 0 Å². The number of rotatable bonds is 8. The predicted octanol–water partition coefficient (Wildman–Crippen LogP) is 0.220. The fourth-order valence-corrected chi connectivity index (χ4v) is 2.50. The third-order valence-corrected chi connectivity index (χ3v) is 3.56. The van der Waals surface area contributed by atoms with Crippen LogP contribution in [0.4, 0.5) is 4.79 Å². The lowest BCUT2D eigenvalue weighted by atomic mass is 10.1. The van der Waals surface area contributed by atoms with Gasteiger partial charge in [-0.25, -0.2) is 13.2 Å². The molecule has 0 bridgehead atoms. The molecule has 2 amide bonds. The van der Waals surface area contributed by atoms with E-state index in [0.29, 0.717) is 19.4 Å². The molecule has 0 aliphatic rings. The summed E-state index contributed by atoms with van der Waals surface area (Å²) in [6.07, 6.45) is 2.15. The van der Waals surface area contributed by atoms with Crippen molar-refractivity contribution in [3.8, 4) is 0 Å². The normalized spacial score (nSPS) is 14.5. The van der Waals surface area contributed by atoms with Crippen LogP contribution in [0.25, 0.3) is 0 Å². The molecule has 2 unspecified atom stereocenters. The molecule has 0 aromatic rings. The second kappa shape index (κ2) is 7.98. The smallest absolute Gasteiger partial charge is 0.315 e. The Bertz CT molecular complexity index is 407. The summed E-state index contributed by atoms with van der Waals surface area (Å²) in [5, 5.41) is 13.7. The van der Waals surface area contributed by atoms with Gasteiger partial charge in [-0.2, -0.15) is 0 Å². The molecule has 3 N–H and O–H groups in total. The second-order valence-electron chi connectivity index (χ2n) is 4.78. The lowest BCUT2D eigenvalue weighted by molar-refractivity contribution is -0.141. The maximum atomic E-state index is 11.4. The van der Waals surface area contributed by atoms with Gasteiger partial charge in [0, 0.05) is 18.8 Å². The third kappa shape index (κ3) is 10.3. The monoisotopic (exact) mass is 294 g/mol. The predicted molar refractivity (Wildman–Crippen MR) is 71.7 cm³/mol. The van der Waals surface area contributed by atoms with Gasteiger partial charge in [0.2, 0.25) is 0 Å². The Morgan fingerprint density at radius 3 is 2.32 bits per heavy atom. The largest absolute Gasteiger partial charge is 0.481 e. The number of hydrogen-bond acceptors (Lipinski definition) is 4. The van der Waals surface area contributed by atoms with Gasteiger partial charge in [-0.3, -0.25) is 4.79 Å². The molecule has 0 radical (unpaired) electrons. The zero-order chi connectivity index (χ0) is 15.1. The van der Waals surface area contributed by atoms with Gasteiger partial charge in [-0.05, 0) is 19.8 Å². The topological polar surface area (TPSA) is 113 Å². The highest BCUT2D eigenvalue weighted by atomic mass is 32.2. The number of nitrogens with one attached hydrogen (secondary N) is 2. The first-order valence-electron chi connectivity index (χ1n) is 6.06. The molecular weight excluding hydrogens is 272 g/mol. The SMILES string of the molecule is CC(CS(C)(=O)=O)NC(=O)NCCCC(C)C(=O)O. The molecule has 7 nitrogen and oxygen atoms in total. The highest BCUT2D eigenvalue weighted by Crippen LogP contribution is 2.04. The zero-order valence-corrected chi connectivity index (χ0v) is 12.3. The Hall–Kier alpha value is -1.31. The summed E-state index contributed by atoms with van der Waals surface area (Å²) in [5.74, 6) is -1.41. The van der Waals surface area contributed by atoms with Crippen LogP contribution in [0, 0.1) is 5.92 Å². The second-order valence-corrected chi connectivity index (χ2v) is 6.96. The van der Waals surface area contributed by atoms with E-state index in [2.05, 4.69) is 10.6 Å². The summed E-state index contributed by atoms with van der Waals surface area (Å²) in [7, 11) is -3.12. The molecule has 0 heterocycles. The van der Waals surface area contributed by atoms with E-state index in [4.69, 9.17) is 5.11 Å². The number of carbonyl (C=O) groups excluding carboxylic acids is 1. The Labute approximate surface area is 113 Å². The van der Waals surface area contributed by atoms with Crippen molar-refractivity contribution in [2.75, 3.05) is 18.6 Å². The van der Waals surface area contributed by atoms with Crippen LogP contribution < -0.4 is 10.6 Å². The van der Waals surface area contributed by atoms with E-state index in [0.717, 1.165) is 6.26 Å². The van der Waals surface area contributed by atoms with Crippen LogP contribution in [0.2, 0.25) is 0 Å². The van der Waals surface area contributed by atoms with Crippen molar-refractivity contribution in [1.29, 1.82) is 0 Å². The van der Waals surface area contributed by atoms with E-state index >= 15 is 0 Å². The van der Waals surface area contributed by atoms with Crippen LogP contribution in [0.1, 0.15) is 26.7 Å². The molecule has 0 fully saturated rings. The molecule has 0 aromatic heterocycles. The molecule has 0 saturated heterocycles. The third-order valence-electron chi connectivity index (χ3n) is 2.45. The lowest BCUT2D eigenvalue weighted by Crippen LogP contribution is -2.43. The molecule has 112 valence electrons. The van der Waals surface area contributed by atoms with Crippen molar-refractivity contribution in [3.05, 3.63) is 0 Å². The summed E-state index contributed by atoms with van der Waals surface area (Å²) in [6, 6.07) is -0.910. The maximum Gasteiger partial charge on any atom is 0.315 e. The van der Waals surface area contributed by atoms with Crippen LogP contribution in [-0.4, -0.2) is 50.1 Å². The number of sulfone groups is 1. The van der Waals surface area contributed by atoms with Gasteiger partial charge >= 0.3 is 12.0 Å². The number of carboxylic acids is 1. The van der Waals surface area contributed by atoms with Crippen LogP contribution in [0.5, 0.6) is 0 Å². The minimum Gasteiger partial charge on any atom is -0.481 e. The fourth-order valence-electron chi connectivity index (χ4n) is 1.50. The van der Waals surface area contributed by atoms with Gasteiger partial charge in [0.25, 0.3) is 0 Å². The number of hydrogen-bond donors (Lipinski definition) is 3. The summed E-state index contributed by atoms with van der Waals surface area (Å²) >= 11 is 0. The van der Waals surface area contributed by atoms with Gasteiger partial charge in [0.05, 0.1) is 11.7 Å². The van der Waals surface area contributed by atoms with Gasteiger partial charge < -0.3 is 15.7 Å². The average molecular weight is 294 g/mol. The van der Waals surface area contributed by atoms with Crippen molar-refractivity contribution in [3.63, 3.8) is 0 Å². The van der Waals surface area contributed by atoms with Crippen LogP contribution >= 0.6 is 0 Å². The standard InChI is InChI=1S/C11H22N2O5S/c1-8(10(14)15)5-4-6-12-11(16)13-9(2)7-19(3,17)18/h8-9H,4-7H2,1-3H3,(H,14,15)(H2,12,13,16). The Balaban J connectivity index is 3.79. The first-order valence-corrected chi connectivity index (χ1v) is 8.12. The quantitative estimate of drug-likeness (QED) is 0.554. The minimum absolute atomic E-state index is 0.115. The number of aliphatic carboxylic acids is 1. The van der Waals surface area contributed by atoms with Crippen molar-refractivity contribution in [2.45, 2.75) is 32.7 Å². The average Bonchev–Trinajstić information content (AvgIpc) is 2.20. The summed E-state index contributed by atoms with van der Waals surface area (Å²) in [6.45, 7) is 3.57. The van der Waals surface area contributed by atoms with E-state index in [9.17, 15) is 18.0 Å². The Kier molecular flexibility index (Phi) is 7.43. The molecule has 0 aromatic carbocycles. The van der Waals surface area contributed by atoms with Crippen molar-refractivity contribution < 1.29 is 23.1 Å². The van der Waals surface area contributed by atoms with E-state index in [-0.39, 0.29) is 5.75 Å². The van der Waals surface area contributed by atoms with Gasteiger partial charge in [0.1, 0.15) is 9.84 Å². The Morgan fingerprint density at radius 1 is 1.26 bits per heavy atom. The summed E-state index contributed by atoms with van der Waals surface area (Å²) in [4.78, 5) is 21.9. The molecule has 0 aliphatic carbocycles. The van der Waals surface area contributed by atoms with Crippen molar-refractivity contribution in [1.82, 2.24) is 10.6 Å². The highest BCUT2D eigenvalue weighted by molar-refractivity contribution is 7.90. The molecule has 0 rings (SSSR count). The maximum absolute atomic E-state index is 11.4. The number of carbonyl (C=O) groups is 2.